The topological polar surface area (TPSA) is 90.5 Å². The number of piperidine rings is 1. The molecule has 1 saturated heterocycles. The molecule has 1 aliphatic heterocycles. The number of carbonyl (C=O) groups is 2. The van der Waals surface area contributed by atoms with Crippen LogP contribution in [0.5, 0.6) is 0 Å². The van der Waals surface area contributed by atoms with Crippen molar-refractivity contribution >= 4 is 11.9 Å². The fourth-order valence-electron chi connectivity index (χ4n) is 2.96. The van der Waals surface area contributed by atoms with E-state index in [1.165, 1.54) is 6.20 Å². The van der Waals surface area contributed by atoms with Crippen molar-refractivity contribution in [2.75, 3.05) is 13.1 Å². The Bertz CT molecular complexity index is 818. The van der Waals surface area contributed by atoms with E-state index in [1.54, 1.807) is 24.3 Å². The van der Waals surface area contributed by atoms with E-state index in [4.69, 9.17) is 0 Å². The minimum absolute atomic E-state index is 0.00109. The summed E-state index contributed by atoms with van der Waals surface area (Å²) in [6.07, 6.45) is 4.60. The second kappa shape index (κ2) is 6.70. The maximum absolute atomic E-state index is 12.5. The zero-order chi connectivity index (χ0) is 17.1. The van der Waals surface area contributed by atoms with Crippen molar-refractivity contribution in [3.63, 3.8) is 0 Å². The van der Waals surface area contributed by atoms with Crippen molar-refractivity contribution < 1.29 is 14.7 Å². The molecule has 0 radical (unpaired) electrons. The molecule has 0 unspecified atom stereocenters. The van der Waals surface area contributed by atoms with Gasteiger partial charge in [0.15, 0.2) is 0 Å². The summed E-state index contributed by atoms with van der Waals surface area (Å²) >= 11 is 0. The molecule has 3 rings (SSSR count). The van der Waals surface area contributed by atoms with E-state index in [1.807, 2.05) is 4.90 Å². The smallest absolute Gasteiger partial charge is 0.336 e. The van der Waals surface area contributed by atoms with Crippen LogP contribution in [0.4, 0.5) is 0 Å². The highest BCUT2D eigenvalue weighted by Gasteiger charge is 2.18. The van der Waals surface area contributed by atoms with Crippen LogP contribution in [0.2, 0.25) is 0 Å². The summed E-state index contributed by atoms with van der Waals surface area (Å²) in [5, 5.41) is 9.25. The zero-order valence-electron chi connectivity index (χ0n) is 13.1. The minimum atomic E-state index is -1.16. The predicted molar refractivity (Wildman–Crippen MR) is 89.2 cm³/mol. The molecule has 2 N–H and O–H groups in total. The number of benzene rings is 1. The monoisotopic (exact) mass is 326 g/mol. The third-order valence-corrected chi connectivity index (χ3v) is 4.24. The van der Waals surface area contributed by atoms with Crippen LogP contribution in [0.1, 0.15) is 40.0 Å². The van der Waals surface area contributed by atoms with E-state index >= 15 is 0 Å². The van der Waals surface area contributed by atoms with Crippen LogP contribution in [0.15, 0.2) is 41.3 Å². The van der Waals surface area contributed by atoms with Crippen molar-refractivity contribution in [3.05, 3.63) is 58.0 Å². The SMILES string of the molecule is O=C(O)c1cc(=O)[nH]cc1-c1ccc(C(=O)N2CCCCC2)cc1. The molecular formula is C18H18N2O4. The van der Waals surface area contributed by atoms with Crippen LogP contribution in [-0.2, 0) is 0 Å². The van der Waals surface area contributed by atoms with Gasteiger partial charge in [-0.05, 0) is 37.0 Å². The number of H-pyrrole nitrogens is 1. The lowest BCUT2D eigenvalue weighted by Crippen LogP contribution is -2.35. The number of hydrogen-bond donors (Lipinski definition) is 2. The predicted octanol–water partition coefficient (Wildman–Crippen LogP) is 2.37. The maximum atomic E-state index is 12.5. The first-order valence-electron chi connectivity index (χ1n) is 7.92. The fourth-order valence-corrected chi connectivity index (χ4v) is 2.96. The summed E-state index contributed by atoms with van der Waals surface area (Å²) in [5.74, 6) is -1.16. The average molecular weight is 326 g/mol. The number of rotatable bonds is 3. The number of amides is 1. The van der Waals surface area contributed by atoms with Crippen LogP contribution in [0.25, 0.3) is 11.1 Å². The standard InChI is InChI=1S/C18H18N2O4/c21-16-10-14(18(23)24)15(11-19-16)12-4-6-13(7-5-12)17(22)20-8-2-1-3-9-20/h4-7,10-11H,1-3,8-9H2,(H,19,21)(H,23,24). The number of aromatic nitrogens is 1. The van der Waals surface area contributed by atoms with Gasteiger partial charge in [-0.3, -0.25) is 9.59 Å². The molecule has 2 heterocycles. The molecule has 1 fully saturated rings. The second-order valence-electron chi connectivity index (χ2n) is 5.86. The van der Waals surface area contributed by atoms with Gasteiger partial charge in [0, 0.05) is 36.5 Å². The van der Waals surface area contributed by atoms with E-state index in [0.717, 1.165) is 38.4 Å². The van der Waals surface area contributed by atoms with Crippen molar-refractivity contribution in [2.24, 2.45) is 0 Å². The minimum Gasteiger partial charge on any atom is -0.478 e. The van der Waals surface area contributed by atoms with Gasteiger partial charge in [0.25, 0.3) is 5.91 Å². The first-order chi connectivity index (χ1) is 11.6. The second-order valence-corrected chi connectivity index (χ2v) is 5.86. The summed E-state index contributed by atoms with van der Waals surface area (Å²) in [5.41, 5.74) is 1.11. The summed E-state index contributed by atoms with van der Waals surface area (Å²) in [4.78, 5) is 39.4. The van der Waals surface area contributed by atoms with Gasteiger partial charge in [-0.15, -0.1) is 0 Å². The van der Waals surface area contributed by atoms with Crippen LogP contribution >= 0.6 is 0 Å². The third-order valence-electron chi connectivity index (χ3n) is 4.24. The maximum Gasteiger partial charge on any atom is 0.336 e. The van der Waals surface area contributed by atoms with E-state index in [9.17, 15) is 19.5 Å². The molecular weight excluding hydrogens is 308 g/mol. The zero-order valence-corrected chi connectivity index (χ0v) is 13.1. The van der Waals surface area contributed by atoms with Crippen LogP contribution in [0.3, 0.4) is 0 Å². The number of carbonyl (C=O) groups excluding carboxylic acids is 1. The fraction of sp³-hybridized carbons (Fsp3) is 0.278. The Labute approximate surface area is 138 Å². The highest BCUT2D eigenvalue weighted by Crippen LogP contribution is 2.23. The summed E-state index contributed by atoms with van der Waals surface area (Å²) in [6.45, 7) is 1.56. The Kier molecular flexibility index (Phi) is 4.46. The lowest BCUT2D eigenvalue weighted by atomic mass is 10.00. The number of aromatic amines is 1. The Balaban J connectivity index is 1.88. The Hall–Kier alpha value is -2.89. The Morgan fingerprint density at radius 2 is 1.71 bits per heavy atom. The number of hydrogen-bond acceptors (Lipinski definition) is 3. The Morgan fingerprint density at radius 3 is 2.33 bits per heavy atom. The van der Waals surface area contributed by atoms with Gasteiger partial charge < -0.3 is 15.0 Å². The molecule has 1 amide bonds. The molecule has 6 nitrogen and oxygen atoms in total. The molecule has 1 aliphatic rings. The number of pyridine rings is 1. The van der Waals surface area contributed by atoms with E-state index in [-0.39, 0.29) is 11.5 Å². The lowest BCUT2D eigenvalue weighted by molar-refractivity contribution is 0.0694. The molecule has 0 spiro atoms. The highest BCUT2D eigenvalue weighted by molar-refractivity contribution is 5.97. The molecule has 124 valence electrons. The Morgan fingerprint density at radius 1 is 1.04 bits per heavy atom. The van der Waals surface area contributed by atoms with E-state index in [2.05, 4.69) is 4.98 Å². The largest absolute Gasteiger partial charge is 0.478 e. The number of carboxylic acids is 1. The summed E-state index contributed by atoms with van der Waals surface area (Å²) < 4.78 is 0. The molecule has 0 bridgehead atoms. The number of likely N-dealkylation sites (tertiary alicyclic amines) is 1. The molecule has 6 heteroatoms. The van der Waals surface area contributed by atoms with Crippen LogP contribution in [-0.4, -0.2) is 40.0 Å². The number of carboxylic acid groups (broad SMARTS) is 1. The molecule has 1 aromatic carbocycles. The molecule has 24 heavy (non-hydrogen) atoms. The van der Waals surface area contributed by atoms with E-state index in [0.29, 0.717) is 16.7 Å². The van der Waals surface area contributed by atoms with Gasteiger partial charge in [-0.2, -0.15) is 0 Å². The van der Waals surface area contributed by atoms with Crippen molar-refractivity contribution in [1.29, 1.82) is 0 Å². The van der Waals surface area contributed by atoms with Gasteiger partial charge in [-0.25, -0.2) is 4.79 Å². The van der Waals surface area contributed by atoms with Crippen LogP contribution in [0, 0.1) is 0 Å². The number of aromatic carboxylic acids is 1. The van der Waals surface area contributed by atoms with Gasteiger partial charge in [0.05, 0.1) is 5.56 Å². The van der Waals surface area contributed by atoms with Gasteiger partial charge >= 0.3 is 5.97 Å². The quantitative estimate of drug-likeness (QED) is 0.906. The third kappa shape index (κ3) is 3.22. The van der Waals surface area contributed by atoms with E-state index < -0.39 is 11.5 Å². The van der Waals surface area contributed by atoms with Gasteiger partial charge in [0.2, 0.25) is 5.56 Å². The normalized spacial score (nSPS) is 14.4. The molecule has 2 aromatic rings. The molecule has 0 saturated carbocycles. The summed E-state index contributed by atoms with van der Waals surface area (Å²) in [7, 11) is 0. The molecule has 0 atom stereocenters. The van der Waals surface area contributed by atoms with Crippen molar-refractivity contribution in [3.8, 4) is 11.1 Å². The average Bonchev–Trinajstić information content (AvgIpc) is 2.62. The van der Waals surface area contributed by atoms with Crippen molar-refractivity contribution in [2.45, 2.75) is 19.3 Å². The van der Waals surface area contributed by atoms with Crippen molar-refractivity contribution in [1.82, 2.24) is 9.88 Å². The van der Waals surface area contributed by atoms with Gasteiger partial charge in [0.1, 0.15) is 0 Å². The highest BCUT2D eigenvalue weighted by atomic mass is 16.4. The first kappa shape index (κ1) is 16.0. The summed E-state index contributed by atoms with van der Waals surface area (Å²) in [6, 6.07) is 7.87. The lowest BCUT2D eigenvalue weighted by Gasteiger charge is -2.26. The van der Waals surface area contributed by atoms with Crippen LogP contribution < -0.4 is 5.56 Å². The molecule has 0 aliphatic carbocycles. The molecule has 1 aromatic heterocycles. The first-order valence-corrected chi connectivity index (χ1v) is 7.92. The number of nitrogens with one attached hydrogen (secondary N) is 1. The number of nitrogens with zero attached hydrogens (tertiary/aromatic N) is 1. The van der Waals surface area contributed by atoms with Gasteiger partial charge in [-0.1, -0.05) is 12.1 Å².